The lowest BCUT2D eigenvalue weighted by Crippen LogP contribution is -2.31. The molecular weight excluding hydrogens is 486 g/mol. The molecule has 0 aliphatic carbocycles. The lowest BCUT2D eigenvalue weighted by Gasteiger charge is -2.23. The number of rotatable bonds is 7. The number of aryl methyl sites for hydroxylation is 1. The Morgan fingerprint density at radius 3 is 2.49 bits per heavy atom. The quantitative estimate of drug-likeness (QED) is 0.199. The minimum Gasteiger partial charge on any atom is -0.508 e. The molecule has 0 saturated heterocycles. The molecule has 1 aliphatic rings. The van der Waals surface area contributed by atoms with Gasteiger partial charge < -0.3 is 14.6 Å². The maximum atomic E-state index is 13.3. The summed E-state index contributed by atoms with van der Waals surface area (Å²) in [6.45, 7) is 1.70. The van der Waals surface area contributed by atoms with E-state index < -0.39 is 23.5 Å². The maximum Gasteiger partial charge on any atom is 0.296 e. The second-order valence-corrected chi connectivity index (χ2v) is 9.97. The van der Waals surface area contributed by atoms with Gasteiger partial charge in [-0.15, -0.1) is 10.2 Å². The van der Waals surface area contributed by atoms with Crippen LogP contribution in [0, 0.1) is 6.92 Å². The zero-order valence-electron chi connectivity index (χ0n) is 18.4. The van der Waals surface area contributed by atoms with Crippen LogP contribution in [-0.2, 0) is 10.5 Å². The van der Waals surface area contributed by atoms with Gasteiger partial charge in [-0.1, -0.05) is 65.6 Å². The number of amides is 1. The van der Waals surface area contributed by atoms with Crippen LogP contribution >= 0.6 is 23.1 Å². The van der Waals surface area contributed by atoms with E-state index in [9.17, 15) is 19.8 Å². The number of furan rings is 1. The average Bonchev–Trinajstić information content (AvgIpc) is 3.57. The molecule has 0 fully saturated rings. The molecule has 1 aliphatic heterocycles. The van der Waals surface area contributed by atoms with Crippen molar-refractivity contribution in [3.8, 4) is 5.75 Å². The third kappa shape index (κ3) is 4.45. The smallest absolute Gasteiger partial charge is 0.296 e. The lowest BCUT2D eigenvalue weighted by molar-refractivity contribution is -0.117. The Morgan fingerprint density at radius 2 is 1.80 bits per heavy atom. The minimum absolute atomic E-state index is 0.0128. The van der Waals surface area contributed by atoms with Gasteiger partial charge in [0, 0.05) is 5.75 Å². The van der Waals surface area contributed by atoms with E-state index in [1.54, 1.807) is 25.1 Å². The Bertz CT molecular complexity index is 1430. The number of carbonyl (C=O) groups excluding carboxylic acids is 2. The molecule has 0 radical (unpaired) electrons. The number of hydrogen-bond donors (Lipinski definition) is 2. The maximum absolute atomic E-state index is 13.3. The van der Waals surface area contributed by atoms with Gasteiger partial charge in [0.2, 0.25) is 10.9 Å². The molecular formula is C25H19N3O5S2. The van der Waals surface area contributed by atoms with Crippen molar-refractivity contribution in [1.29, 1.82) is 0 Å². The predicted octanol–water partition coefficient (Wildman–Crippen LogP) is 5.22. The molecule has 1 atom stereocenters. The highest BCUT2D eigenvalue weighted by atomic mass is 32.2. The molecule has 0 spiro atoms. The zero-order chi connectivity index (χ0) is 24.5. The van der Waals surface area contributed by atoms with Crippen molar-refractivity contribution in [3.05, 3.63) is 101 Å². The summed E-state index contributed by atoms with van der Waals surface area (Å²) < 4.78 is 6.11. The molecule has 176 valence electrons. The number of aromatic hydroxyl groups is 1. The van der Waals surface area contributed by atoms with Gasteiger partial charge in [0.05, 0.1) is 11.6 Å². The van der Waals surface area contributed by atoms with Crippen molar-refractivity contribution >= 4 is 39.9 Å². The first-order valence-corrected chi connectivity index (χ1v) is 12.4. The molecule has 10 heteroatoms. The molecule has 2 N–H and O–H groups in total. The number of benzene rings is 2. The van der Waals surface area contributed by atoms with Crippen molar-refractivity contribution in [1.82, 2.24) is 10.2 Å². The molecule has 2 aromatic carbocycles. The number of aliphatic hydroxyl groups is 1. The van der Waals surface area contributed by atoms with E-state index in [4.69, 9.17) is 4.42 Å². The first-order chi connectivity index (χ1) is 16.9. The van der Waals surface area contributed by atoms with Gasteiger partial charge in [0.1, 0.15) is 11.5 Å². The highest BCUT2D eigenvalue weighted by Crippen LogP contribution is 2.44. The predicted molar refractivity (Wildman–Crippen MR) is 132 cm³/mol. The van der Waals surface area contributed by atoms with Crippen LogP contribution in [-0.4, -0.2) is 32.1 Å². The van der Waals surface area contributed by atoms with Gasteiger partial charge in [-0.2, -0.15) is 0 Å². The second-order valence-electron chi connectivity index (χ2n) is 7.80. The molecule has 8 nitrogen and oxygen atoms in total. The Labute approximate surface area is 208 Å². The molecule has 3 heterocycles. The van der Waals surface area contributed by atoms with E-state index in [-0.39, 0.29) is 22.2 Å². The normalized spacial score (nSPS) is 15.7. The molecule has 4 aromatic rings. The SMILES string of the molecule is Cc1ccc(C(=O)C2=C(O)C(=O)N(c3nnc(SCc4ccccc4)s3)[C@@H]2c2ccc(O)cc2)o1. The number of ketones is 1. The number of phenolic OH excluding ortho intramolecular Hbond substituents is 1. The van der Waals surface area contributed by atoms with Crippen LogP contribution in [0.2, 0.25) is 0 Å². The van der Waals surface area contributed by atoms with E-state index in [0.29, 0.717) is 21.4 Å². The molecule has 2 aromatic heterocycles. The van der Waals surface area contributed by atoms with Crippen LogP contribution in [0.15, 0.2) is 86.8 Å². The van der Waals surface area contributed by atoms with E-state index in [2.05, 4.69) is 10.2 Å². The Kier molecular flexibility index (Phi) is 6.14. The summed E-state index contributed by atoms with van der Waals surface area (Å²) in [6.07, 6.45) is 0. The number of nitrogens with zero attached hydrogens (tertiary/aromatic N) is 3. The average molecular weight is 506 g/mol. The second kappa shape index (κ2) is 9.40. The summed E-state index contributed by atoms with van der Waals surface area (Å²) in [5.74, 6) is -0.786. The van der Waals surface area contributed by atoms with Gasteiger partial charge in [0.25, 0.3) is 5.91 Å². The van der Waals surface area contributed by atoms with Crippen LogP contribution in [0.5, 0.6) is 5.75 Å². The zero-order valence-corrected chi connectivity index (χ0v) is 20.0. The summed E-state index contributed by atoms with van der Waals surface area (Å²) in [4.78, 5) is 27.8. The molecule has 35 heavy (non-hydrogen) atoms. The van der Waals surface area contributed by atoms with Crippen LogP contribution in [0.1, 0.15) is 33.5 Å². The lowest BCUT2D eigenvalue weighted by atomic mass is 9.95. The van der Waals surface area contributed by atoms with E-state index >= 15 is 0 Å². The van der Waals surface area contributed by atoms with Crippen LogP contribution in [0.25, 0.3) is 0 Å². The van der Waals surface area contributed by atoms with Crippen molar-refractivity contribution in [2.24, 2.45) is 0 Å². The Hall–Kier alpha value is -3.89. The van der Waals surface area contributed by atoms with Crippen molar-refractivity contribution in [3.63, 3.8) is 0 Å². The first-order valence-electron chi connectivity index (χ1n) is 10.6. The van der Waals surface area contributed by atoms with Gasteiger partial charge in [-0.3, -0.25) is 14.5 Å². The first kappa shape index (κ1) is 22.9. The summed E-state index contributed by atoms with van der Waals surface area (Å²) in [6, 6.07) is 18.1. The largest absolute Gasteiger partial charge is 0.508 e. The van der Waals surface area contributed by atoms with Gasteiger partial charge in [0.15, 0.2) is 15.9 Å². The van der Waals surface area contributed by atoms with Crippen LogP contribution < -0.4 is 4.90 Å². The fourth-order valence-electron chi connectivity index (χ4n) is 3.77. The standard InChI is InChI=1S/C25H19N3O5S2/c1-14-7-12-18(33-14)21(30)19-20(16-8-10-17(29)11-9-16)28(23(32)22(19)31)24-26-27-25(35-24)34-13-15-5-3-2-4-6-15/h2-12,20,29,31H,13H2,1H3/t20-/m1/s1. The highest BCUT2D eigenvalue weighted by molar-refractivity contribution is 8.00. The molecule has 1 amide bonds. The fourth-order valence-corrected chi connectivity index (χ4v) is 5.60. The number of carbonyl (C=O) groups is 2. The van der Waals surface area contributed by atoms with Crippen LogP contribution in [0.3, 0.4) is 0 Å². The number of aromatic nitrogens is 2. The molecule has 0 saturated carbocycles. The van der Waals surface area contributed by atoms with E-state index in [1.165, 1.54) is 46.2 Å². The van der Waals surface area contributed by atoms with Crippen molar-refractivity contribution < 1.29 is 24.2 Å². The molecule has 0 unspecified atom stereocenters. The van der Waals surface area contributed by atoms with Gasteiger partial charge in [-0.25, -0.2) is 0 Å². The van der Waals surface area contributed by atoms with Crippen molar-refractivity contribution in [2.75, 3.05) is 4.90 Å². The third-order valence-corrected chi connectivity index (χ3v) is 7.56. The topological polar surface area (TPSA) is 117 Å². The number of phenols is 1. The third-order valence-electron chi connectivity index (χ3n) is 5.43. The number of anilines is 1. The fraction of sp³-hybridized carbons (Fsp3) is 0.120. The van der Waals surface area contributed by atoms with Gasteiger partial charge >= 0.3 is 0 Å². The molecule has 5 rings (SSSR count). The Morgan fingerprint density at radius 1 is 1.06 bits per heavy atom. The summed E-state index contributed by atoms with van der Waals surface area (Å²) >= 11 is 2.67. The highest BCUT2D eigenvalue weighted by Gasteiger charge is 2.46. The summed E-state index contributed by atoms with van der Waals surface area (Å²) in [5.41, 5.74) is 1.51. The number of aliphatic hydroxyl groups excluding tert-OH is 1. The van der Waals surface area contributed by atoms with E-state index in [0.717, 1.165) is 5.56 Å². The number of Topliss-reactive ketones (excluding diaryl/α,β-unsaturated/α-hetero) is 1. The monoisotopic (exact) mass is 505 g/mol. The Balaban J connectivity index is 1.50. The number of thioether (sulfide) groups is 1. The summed E-state index contributed by atoms with van der Waals surface area (Å²) in [7, 11) is 0. The minimum atomic E-state index is -0.971. The molecule has 0 bridgehead atoms. The van der Waals surface area contributed by atoms with E-state index in [1.807, 2.05) is 30.3 Å². The van der Waals surface area contributed by atoms with Crippen molar-refractivity contribution in [2.45, 2.75) is 23.1 Å². The summed E-state index contributed by atoms with van der Waals surface area (Å²) in [5, 5.41) is 29.2. The number of hydrogen-bond acceptors (Lipinski definition) is 9. The van der Waals surface area contributed by atoms with Crippen LogP contribution in [0.4, 0.5) is 5.13 Å². The van der Waals surface area contributed by atoms with Gasteiger partial charge in [-0.05, 0) is 42.3 Å².